The van der Waals surface area contributed by atoms with Gasteiger partial charge in [0.2, 0.25) is 0 Å². The Morgan fingerprint density at radius 3 is 2.52 bits per heavy atom. The van der Waals surface area contributed by atoms with Crippen LogP contribution < -0.4 is 5.32 Å². The molecule has 0 saturated carbocycles. The largest absolute Gasteiger partial charge is 0.469 e. The highest BCUT2D eigenvalue weighted by molar-refractivity contribution is 7.14. The number of hydrogen-bond acceptors (Lipinski definition) is 6. The Bertz CT molecular complexity index is 567. The van der Waals surface area contributed by atoms with Gasteiger partial charge in [-0.15, -0.1) is 11.3 Å². The molecule has 6 nitrogen and oxygen atoms in total. The fourth-order valence-corrected chi connectivity index (χ4v) is 3.11. The van der Waals surface area contributed by atoms with Crippen molar-refractivity contribution in [2.45, 2.75) is 45.6 Å². The minimum atomic E-state index is -0.872. The van der Waals surface area contributed by atoms with E-state index in [9.17, 15) is 14.4 Å². The third kappa shape index (κ3) is 5.67. The van der Waals surface area contributed by atoms with Crippen molar-refractivity contribution in [1.82, 2.24) is 5.32 Å². The van der Waals surface area contributed by atoms with E-state index in [0.29, 0.717) is 4.88 Å². The van der Waals surface area contributed by atoms with Crippen LogP contribution in [0.1, 0.15) is 46.3 Å². The van der Waals surface area contributed by atoms with Crippen LogP contribution in [0.15, 0.2) is 6.07 Å². The van der Waals surface area contributed by atoms with Crippen molar-refractivity contribution in [2.24, 2.45) is 0 Å². The number of esters is 2. The molecule has 0 bridgehead atoms. The smallest absolute Gasteiger partial charge is 0.328 e. The van der Waals surface area contributed by atoms with Gasteiger partial charge in [0, 0.05) is 11.3 Å². The molecule has 128 valence electrons. The number of nitrogens with one attached hydrogen (secondary N) is 1. The van der Waals surface area contributed by atoms with Crippen LogP contribution in [0, 0.1) is 6.92 Å². The molecule has 0 spiro atoms. The summed E-state index contributed by atoms with van der Waals surface area (Å²) in [5.74, 6) is -1.35. The summed E-state index contributed by atoms with van der Waals surface area (Å²) >= 11 is 1.40. The predicted molar refractivity (Wildman–Crippen MR) is 87.6 cm³/mol. The van der Waals surface area contributed by atoms with Crippen molar-refractivity contribution in [3.63, 3.8) is 0 Å². The van der Waals surface area contributed by atoms with E-state index in [0.717, 1.165) is 23.3 Å². The molecule has 1 N–H and O–H groups in total. The third-order valence-corrected chi connectivity index (χ3v) is 4.51. The van der Waals surface area contributed by atoms with Crippen molar-refractivity contribution < 1.29 is 23.9 Å². The Labute approximate surface area is 140 Å². The minimum Gasteiger partial charge on any atom is -0.469 e. The molecule has 1 unspecified atom stereocenters. The van der Waals surface area contributed by atoms with Crippen LogP contribution in [-0.4, -0.2) is 38.1 Å². The lowest BCUT2D eigenvalue weighted by atomic mass is 10.1. The van der Waals surface area contributed by atoms with Crippen LogP contribution in [0.5, 0.6) is 0 Å². The summed E-state index contributed by atoms with van der Waals surface area (Å²) in [6.45, 7) is 4.05. The molecule has 1 heterocycles. The molecule has 1 amide bonds. The topological polar surface area (TPSA) is 81.7 Å². The number of methoxy groups -OCH3 is 2. The highest BCUT2D eigenvalue weighted by atomic mass is 32.1. The van der Waals surface area contributed by atoms with Gasteiger partial charge in [0.1, 0.15) is 6.04 Å². The van der Waals surface area contributed by atoms with Gasteiger partial charge in [-0.25, -0.2) is 4.79 Å². The summed E-state index contributed by atoms with van der Waals surface area (Å²) in [5, 5.41) is 2.64. The molecule has 0 aromatic carbocycles. The number of rotatable bonds is 8. The van der Waals surface area contributed by atoms with Crippen LogP contribution in [0.2, 0.25) is 0 Å². The van der Waals surface area contributed by atoms with E-state index in [1.165, 1.54) is 25.6 Å². The van der Waals surface area contributed by atoms with Gasteiger partial charge in [0.05, 0.1) is 19.1 Å². The second-order valence-electron chi connectivity index (χ2n) is 5.11. The van der Waals surface area contributed by atoms with E-state index in [1.807, 2.05) is 13.0 Å². The van der Waals surface area contributed by atoms with Gasteiger partial charge >= 0.3 is 11.9 Å². The average molecular weight is 341 g/mol. The zero-order valence-corrected chi connectivity index (χ0v) is 14.7. The number of ether oxygens (including phenoxy) is 2. The molecule has 0 radical (unpaired) electrons. The molecule has 0 aliphatic carbocycles. The van der Waals surface area contributed by atoms with E-state index in [2.05, 4.69) is 21.7 Å². The quantitative estimate of drug-likeness (QED) is 0.733. The fraction of sp³-hybridized carbons (Fsp3) is 0.562. The van der Waals surface area contributed by atoms with Gasteiger partial charge in [-0.2, -0.15) is 0 Å². The molecule has 1 rings (SSSR count). The molecule has 0 aliphatic heterocycles. The van der Waals surface area contributed by atoms with E-state index in [4.69, 9.17) is 0 Å². The molecule has 0 aliphatic rings. The number of carbonyl (C=O) groups excluding carboxylic acids is 3. The lowest BCUT2D eigenvalue weighted by Gasteiger charge is -2.15. The van der Waals surface area contributed by atoms with Gasteiger partial charge in [-0.3, -0.25) is 9.59 Å². The second kappa shape index (κ2) is 9.29. The van der Waals surface area contributed by atoms with E-state index in [-0.39, 0.29) is 18.7 Å². The Balaban J connectivity index is 2.77. The van der Waals surface area contributed by atoms with Crippen molar-refractivity contribution >= 4 is 29.2 Å². The van der Waals surface area contributed by atoms with E-state index in [1.54, 1.807) is 0 Å². The summed E-state index contributed by atoms with van der Waals surface area (Å²) < 4.78 is 9.23. The maximum Gasteiger partial charge on any atom is 0.328 e. The fourth-order valence-electron chi connectivity index (χ4n) is 2.13. The number of aryl methyl sites for hydroxylation is 2. The summed E-state index contributed by atoms with van der Waals surface area (Å²) in [5.41, 5.74) is 1.15. The van der Waals surface area contributed by atoms with Crippen LogP contribution in [-0.2, 0) is 25.5 Å². The number of amides is 1. The number of carbonyl (C=O) groups is 3. The van der Waals surface area contributed by atoms with Gasteiger partial charge in [-0.05, 0) is 31.4 Å². The van der Waals surface area contributed by atoms with E-state index < -0.39 is 18.0 Å². The van der Waals surface area contributed by atoms with Crippen molar-refractivity contribution in [1.29, 1.82) is 0 Å². The van der Waals surface area contributed by atoms with Crippen LogP contribution in [0.4, 0.5) is 0 Å². The Morgan fingerprint density at radius 1 is 1.26 bits per heavy atom. The number of hydrogen-bond donors (Lipinski definition) is 1. The maximum absolute atomic E-state index is 12.3. The highest BCUT2D eigenvalue weighted by Crippen LogP contribution is 2.23. The zero-order valence-electron chi connectivity index (χ0n) is 13.9. The summed E-state index contributed by atoms with van der Waals surface area (Å²) in [6, 6.07) is 0.983. The first kappa shape index (κ1) is 19.2. The van der Waals surface area contributed by atoms with Crippen LogP contribution in [0.25, 0.3) is 0 Å². The standard InChI is InChI=1S/C16H23NO5S/c1-5-6-11-9-13(23-10(11)2)15(19)17-12(16(20)22-4)7-8-14(18)21-3/h9,12H,5-8H2,1-4H3,(H,17,19). The third-order valence-electron chi connectivity index (χ3n) is 3.42. The monoisotopic (exact) mass is 341 g/mol. The first-order chi connectivity index (χ1) is 10.9. The average Bonchev–Trinajstić information content (AvgIpc) is 2.91. The lowest BCUT2D eigenvalue weighted by molar-refractivity contribution is -0.144. The SMILES string of the molecule is CCCc1cc(C(=O)NC(CCC(=O)OC)C(=O)OC)sc1C. The molecule has 23 heavy (non-hydrogen) atoms. The highest BCUT2D eigenvalue weighted by Gasteiger charge is 2.24. The van der Waals surface area contributed by atoms with Crippen molar-refractivity contribution in [2.75, 3.05) is 14.2 Å². The summed E-state index contributed by atoms with van der Waals surface area (Å²) in [7, 11) is 2.52. The first-order valence-electron chi connectivity index (χ1n) is 7.47. The van der Waals surface area contributed by atoms with Crippen LogP contribution in [0.3, 0.4) is 0 Å². The maximum atomic E-state index is 12.3. The molecule has 7 heteroatoms. The zero-order chi connectivity index (χ0) is 17.4. The normalized spacial score (nSPS) is 11.7. The molecular formula is C16H23NO5S. The Morgan fingerprint density at radius 2 is 1.96 bits per heavy atom. The van der Waals surface area contributed by atoms with Crippen molar-refractivity contribution in [3.05, 3.63) is 21.4 Å². The molecule has 1 aromatic rings. The molecule has 0 fully saturated rings. The predicted octanol–water partition coefficient (Wildman–Crippen LogP) is 2.23. The Hall–Kier alpha value is -1.89. The number of thiophene rings is 1. The van der Waals surface area contributed by atoms with Gasteiger partial charge in [0.25, 0.3) is 5.91 Å². The van der Waals surface area contributed by atoms with Crippen molar-refractivity contribution in [3.8, 4) is 0 Å². The molecule has 1 aromatic heterocycles. The molecular weight excluding hydrogens is 318 g/mol. The van der Waals surface area contributed by atoms with Gasteiger partial charge < -0.3 is 14.8 Å². The molecule has 0 saturated heterocycles. The van der Waals surface area contributed by atoms with Crippen LogP contribution >= 0.6 is 11.3 Å². The minimum absolute atomic E-state index is 0.0289. The summed E-state index contributed by atoms with van der Waals surface area (Å²) in [6.07, 6.45) is 2.08. The van der Waals surface area contributed by atoms with E-state index >= 15 is 0 Å². The first-order valence-corrected chi connectivity index (χ1v) is 8.29. The van der Waals surface area contributed by atoms with Gasteiger partial charge in [0.15, 0.2) is 0 Å². The lowest BCUT2D eigenvalue weighted by Crippen LogP contribution is -2.41. The molecule has 1 atom stereocenters. The second-order valence-corrected chi connectivity index (χ2v) is 6.36. The summed E-state index contributed by atoms with van der Waals surface area (Å²) in [4.78, 5) is 37.0. The van der Waals surface area contributed by atoms with Gasteiger partial charge in [-0.1, -0.05) is 13.3 Å². The Kier molecular flexibility index (Phi) is 7.74.